The smallest absolute Gasteiger partial charge is 0.166 e. The zero-order valence-electron chi connectivity index (χ0n) is 14.2. The molecule has 4 rings (SSSR count). The quantitative estimate of drug-likeness (QED) is 0.713. The first-order chi connectivity index (χ1) is 12.8. The van der Waals surface area contributed by atoms with Crippen LogP contribution in [-0.2, 0) is 13.1 Å². The molecular formula is C19H20FN5O. The molecule has 0 amide bonds. The Balaban J connectivity index is 1.29. The molecule has 0 aliphatic carbocycles. The SMILES string of the molecule is Fc1cc(CNC[C@H]2CNc3ccnn3C2)ccc1Oc1cccnc1. The number of rotatable bonds is 6. The van der Waals surface area contributed by atoms with E-state index in [2.05, 4.69) is 20.7 Å². The molecule has 0 saturated heterocycles. The van der Waals surface area contributed by atoms with Gasteiger partial charge >= 0.3 is 0 Å². The number of halogens is 1. The van der Waals surface area contributed by atoms with E-state index in [9.17, 15) is 4.39 Å². The number of benzene rings is 1. The standard InChI is InChI=1S/C19H20FN5O/c20-17-8-14(3-4-18(17)26-16-2-1-6-21-12-16)9-22-10-15-11-23-19-5-7-24-25(19)13-15/h1-8,12,15,22-23H,9-11,13H2/t15-/m0/s1. The van der Waals surface area contributed by atoms with E-state index in [1.165, 1.54) is 6.07 Å². The molecule has 2 N–H and O–H groups in total. The molecule has 0 radical (unpaired) electrons. The molecule has 2 aromatic heterocycles. The third-order valence-corrected chi connectivity index (χ3v) is 4.34. The van der Waals surface area contributed by atoms with Crippen LogP contribution in [0.25, 0.3) is 0 Å². The van der Waals surface area contributed by atoms with Crippen molar-refractivity contribution in [1.29, 1.82) is 0 Å². The van der Waals surface area contributed by atoms with E-state index in [1.54, 1.807) is 36.8 Å². The molecular weight excluding hydrogens is 333 g/mol. The van der Waals surface area contributed by atoms with Gasteiger partial charge in [0.2, 0.25) is 0 Å². The lowest BCUT2D eigenvalue weighted by Gasteiger charge is -2.25. The highest BCUT2D eigenvalue weighted by Gasteiger charge is 2.17. The van der Waals surface area contributed by atoms with Gasteiger partial charge in [-0.25, -0.2) is 9.07 Å². The Morgan fingerprint density at radius 3 is 3.08 bits per heavy atom. The number of ether oxygens (including phenoxy) is 1. The number of fused-ring (bicyclic) bond motifs is 1. The van der Waals surface area contributed by atoms with Gasteiger partial charge in [0.25, 0.3) is 0 Å². The van der Waals surface area contributed by atoms with Gasteiger partial charge in [-0.1, -0.05) is 6.07 Å². The molecule has 1 aliphatic rings. The van der Waals surface area contributed by atoms with Gasteiger partial charge in [-0.15, -0.1) is 0 Å². The molecule has 0 bridgehead atoms. The Labute approximate surface area is 151 Å². The zero-order valence-corrected chi connectivity index (χ0v) is 14.2. The van der Waals surface area contributed by atoms with E-state index in [0.717, 1.165) is 31.0 Å². The van der Waals surface area contributed by atoms with Crippen LogP contribution in [-0.4, -0.2) is 27.9 Å². The maximum atomic E-state index is 14.3. The van der Waals surface area contributed by atoms with Crippen molar-refractivity contribution in [3.63, 3.8) is 0 Å². The van der Waals surface area contributed by atoms with Crippen molar-refractivity contribution >= 4 is 5.82 Å². The van der Waals surface area contributed by atoms with Crippen molar-refractivity contribution in [2.45, 2.75) is 13.1 Å². The van der Waals surface area contributed by atoms with Crippen molar-refractivity contribution < 1.29 is 9.13 Å². The van der Waals surface area contributed by atoms with Crippen molar-refractivity contribution in [3.05, 3.63) is 66.4 Å². The Hall–Kier alpha value is -2.93. The zero-order chi connectivity index (χ0) is 17.8. The fraction of sp³-hybridized carbons (Fsp3) is 0.263. The minimum absolute atomic E-state index is 0.199. The maximum absolute atomic E-state index is 14.3. The van der Waals surface area contributed by atoms with Crippen LogP contribution in [0.5, 0.6) is 11.5 Å². The lowest BCUT2D eigenvalue weighted by molar-refractivity contribution is 0.391. The molecule has 26 heavy (non-hydrogen) atoms. The van der Waals surface area contributed by atoms with Crippen molar-refractivity contribution in [2.24, 2.45) is 5.92 Å². The lowest BCUT2D eigenvalue weighted by atomic mass is 10.1. The van der Waals surface area contributed by atoms with Crippen LogP contribution in [0.15, 0.2) is 55.0 Å². The molecule has 0 unspecified atom stereocenters. The summed E-state index contributed by atoms with van der Waals surface area (Å²) in [5, 5.41) is 11.0. The molecule has 1 aromatic carbocycles. The summed E-state index contributed by atoms with van der Waals surface area (Å²) in [5.41, 5.74) is 0.879. The lowest BCUT2D eigenvalue weighted by Crippen LogP contribution is -2.35. The first-order valence-electron chi connectivity index (χ1n) is 8.60. The Kier molecular flexibility index (Phi) is 4.79. The molecule has 0 fully saturated rings. The van der Waals surface area contributed by atoms with E-state index < -0.39 is 0 Å². The number of pyridine rings is 1. The summed E-state index contributed by atoms with van der Waals surface area (Å²) in [6.45, 7) is 3.23. The van der Waals surface area contributed by atoms with Crippen LogP contribution in [0.1, 0.15) is 5.56 Å². The van der Waals surface area contributed by atoms with Gasteiger partial charge in [0.1, 0.15) is 11.6 Å². The van der Waals surface area contributed by atoms with Crippen molar-refractivity contribution in [2.75, 3.05) is 18.4 Å². The van der Waals surface area contributed by atoms with E-state index in [4.69, 9.17) is 4.74 Å². The van der Waals surface area contributed by atoms with Gasteiger partial charge in [0.15, 0.2) is 11.6 Å². The first-order valence-corrected chi connectivity index (χ1v) is 8.60. The van der Waals surface area contributed by atoms with Crippen LogP contribution in [0.3, 0.4) is 0 Å². The monoisotopic (exact) mass is 353 g/mol. The fourth-order valence-corrected chi connectivity index (χ4v) is 3.02. The number of hydrogen-bond acceptors (Lipinski definition) is 5. The molecule has 6 nitrogen and oxygen atoms in total. The Bertz CT molecular complexity index is 867. The third kappa shape index (κ3) is 3.83. The van der Waals surface area contributed by atoms with Crippen molar-refractivity contribution in [3.8, 4) is 11.5 Å². The predicted molar refractivity (Wildman–Crippen MR) is 96.6 cm³/mol. The predicted octanol–water partition coefficient (Wildman–Crippen LogP) is 3.04. The molecule has 3 heterocycles. The molecule has 0 saturated carbocycles. The highest BCUT2D eigenvalue weighted by atomic mass is 19.1. The molecule has 0 spiro atoms. The third-order valence-electron chi connectivity index (χ3n) is 4.34. The minimum atomic E-state index is -0.381. The second-order valence-electron chi connectivity index (χ2n) is 6.33. The molecule has 1 atom stereocenters. The summed E-state index contributed by atoms with van der Waals surface area (Å²) in [7, 11) is 0. The van der Waals surface area contributed by atoms with E-state index in [-0.39, 0.29) is 11.6 Å². The molecule has 1 aliphatic heterocycles. The largest absolute Gasteiger partial charge is 0.453 e. The topological polar surface area (TPSA) is 64.0 Å². The van der Waals surface area contributed by atoms with E-state index in [1.807, 2.05) is 16.8 Å². The van der Waals surface area contributed by atoms with Crippen LogP contribution < -0.4 is 15.4 Å². The Morgan fingerprint density at radius 2 is 2.23 bits per heavy atom. The number of nitrogens with zero attached hydrogens (tertiary/aromatic N) is 3. The molecule has 3 aromatic rings. The van der Waals surface area contributed by atoms with Gasteiger partial charge in [0, 0.05) is 44.4 Å². The number of aromatic nitrogens is 3. The van der Waals surface area contributed by atoms with Gasteiger partial charge in [0.05, 0.1) is 12.4 Å². The highest BCUT2D eigenvalue weighted by molar-refractivity contribution is 5.35. The first kappa shape index (κ1) is 16.5. The average molecular weight is 353 g/mol. The highest BCUT2D eigenvalue weighted by Crippen LogP contribution is 2.24. The number of nitrogens with one attached hydrogen (secondary N) is 2. The summed E-state index contributed by atoms with van der Waals surface area (Å²) in [5.74, 6) is 1.84. The number of hydrogen-bond donors (Lipinski definition) is 2. The number of anilines is 1. The van der Waals surface area contributed by atoms with Crippen molar-refractivity contribution in [1.82, 2.24) is 20.1 Å². The van der Waals surface area contributed by atoms with Gasteiger partial charge < -0.3 is 15.4 Å². The van der Waals surface area contributed by atoms with Gasteiger partial charge in [-0.05, 0) is 29.8 Å². The van der Waals surface area contributed by atoms with Gasteiger partial charge in [-0.3, -0.25) is 4.98 Å². The maximum Gasteiger partial charge on any atom is 0.166 e. The second kappa shape index (κ2) is 7.53. The molecule has 134 valence electrons. The summed E-state index contributed by atoms with van der Waals surface area (Å²) in [6.07, 6.45) is 5.00. The molecule has 7 heteroatoms. The van der Waals surface area contributed by atoms with Crippen LogP contribution >= 0.6 is 0 Å². The Morgan fingerprint density at radius 1 is 1.27 bits per heavy atom. The second-order valence-corrected chi connectivity index (χ2v) is 6.33. The summed E-state index contributed by atoms with van der Waals surface area (Å²) in [6, 6.07) is 10.5. The van der Waals surface area contributed by atoms with Crippen LogP contribution in [0.4, 0.5) is 10.2 Å². The van der Waals surface area contributed by atoms with Crippen LogP contribution in [0.2, 0.25) is 0 Å². The van der Waals surface area contributed by atoms with E-state index in [0.29, 0.717) is 18.2 Å². The van der Waals surface area contributed by atoms with Gasteiger partial charge in [-0.2, -0.15) is 5.10 Å². The summed E-state index contributed by atoms with van der Waals surface area (Å²) >= 11 is 0. The van der Waals surface area contributed by atoms with E-state index >= 15 is 0 Å². The fourth-order valence-electron chi connectivity index (χ4n) is 3.02. The average Bonchev–Trinajstić information content (AvgIpc) is 3.13. The summed E-state index contributed by atoms with van der Waals surface area (Å²) in [4.78, 5) is 3.95. The normalized spacial score (nSPS) is 16.0. The minimum Gasteiger partial charge on any atom is -0.453 e. The van der Waals surface area contributed by atoms with Crippen LogP contribution in [0, 0.1) is 11.7 Å². The summed E-state index contributed by atoms with van der Waals surface area (Å²) < 4.78 is 21.7.